The first-order chi connectivity index (χ1) is 12.1. The van der Waals surface area contributed by atoms with Crippen molar-refractivity contribution in [1.82, 2.24) is 20.4 Å². The first-order valence-electron chi connectivity index (χ1n) is 9.40. The Balaban J connectivity index is 2.07. The number of nitrogens with zero attached hydrogens (tertiary/aromatic N) is 2. The molecule has 146 valence electrons. The first-order valence-corrected chi connectivity index (χ1v) is 9.40. The summed E-state index contributed by atoms with van der Waals surface area (Å²) in [5.41, 5.74) is 0.297. The van der Waals surface area contributed by atoms with E-state index in [0.717, 1.165) is 44.2 Å². The molecule has 1 aromatic rings. The SMILES string of the molecule is Cc1cc(C(=O)NCC2(NC(=O)OC(C)(C)C)CCCCCC2)n(C)n1. The van der Waals surface area contributed by atoms with E-state index in [4.69, 9.17) is 4.74 Å². The Hall–Kier alpha value is -2.05. The second-order valence-corrected chi connectivity index (χ2v) is 8.30. The van der Waals surface area contributed by atoms with Crippen LogP contribution in [0.25, 0.3) is 0 Å². The summed E-state index contributed by atoms with van der Waals surface area (Å²) >= 11 is 0. The van der Waals surface area contributed by atoms with Gasteiger partial charge in [-0.1, -0.05) is 25.7 Å². The van der Waals surface area contributed by atoms with Crippen LogP contribution in [0.4, 0.5) is 4.79 Å². The molecule has 26 heavy (non-hydrogen) atoms. The molecule has 0 aromatic carbocycles. The number of nitrogens with one attached hydrogen (secondary N) is 2. The van der Waals surface area contributed by atoms with E-state index < -0.39 is 17.2 Å². The largest absolute Gasteiger partial charge is 0.444 e. The second-order valence-electron chi connectivity index (χ2n) is 8.30. The van der Waals surface area contributed by atoms with Crippen LogP contribution in [-0.2, 0) is 11.8 Å². The summed E-state index contributed by atoms with van der Waals surface area (Å²) in [6.07, 6.45) is 5.57. The number of aromatic nitrogens is 2. The minimum atomic E-state index is -0.550. The van der Waals surface area contributed by atoms with E-state index in [2.05, 4.69) is 15.7 Å². The van der Waals surface area contributed by atoms with Crippen molar-refractivity contribution >= 4 is 12.0 Å². The standard InChI is InChI=1S/C19H32N4O3/c1-14-12-15(23(5)22-14)16(24)20-13-19(10-8-6-7-9-11-19)21-17(25)26-18(2,3)4/h12H,6-11,13H2,1-5H3,(H,20,24)(H,21,25). The van der Waals surface area contributed by atoms with Crippen molar-refractivity contribution in [1.29, 1.82) is 0 Å². The number of alkyl carbamates (subject to hydrolysis) is 1. The molecule has 7 heteroatoms. The molecular formula is C19H32N4O3. The van der Waals surface area contributed by atoms with Crippen LogP contribution in [0.2, 0.25) is 0 Å². The van der Waals surface area contributed by atoms with Gasteiger partial charge in [-0.25, -0.2) is 4.79 Å². The quantitative estimate of drug-likeness (QED) is 0.804. The molecule has 7 nitrogen and oxygen atoms in total. The summed E-state index contributed by atoms with van der Waals surface area (Å²) in [4.78, 5) is 24.9. The average Bonchev–Trinajstić information content (AvgIpc) is 2.70. The lowest BCUT2D eigenvalue weighted by Gasteiger charge is -2.35. The predicted molar refractivity (Wildman–Crippen MR) is 100 cm³/mol. The van der Waals surface area contributed by atoms with Crippen LogP contribution in [-0.4, -0.2) is 39.5 Å². The van der Waals surface area contributed by atoms with Crippen molar-refractivity contribution in [2.24, 2.45) is 7.05 Å². The van der Waals surface area contributed by atoms with E-state index in [1.807, 2.05) is 27.7 Å². The molecule has 0 unspecified atom stereocenters. The number of rotatable bonds is 4. The van der Waals surface area contributed by atoms with Gasteiger partial charge in [-0.2, -0.15) is 5.10 Å². The van der Waals surface area contributed by atoms with Crippen LogP contribution >= 0.6 is 0 Å². The zero-order chi connectivity index (χ0) is 19.4. The molecule has 2 rings (SSSR count). The molecule has 0 spiro atoms. The van der Waals surface area contributed by atoms with Gasteiger partial charge >= 0.3 is 6.09 Å². The van der Waals surface area contributed by atoms with Crippen molar-refractivity contribution in [2.75, 3.05) is 6.54 Å². The summed E-state index contributed by atoms with van der Waals surface area (Å²) < 4.78 is 7.02. The molecule has 0 atom stereocenters. The van der Waals surface area contributed by atoms with Gasteiger partial charge in [0, 0.05) is 13.6 Å². The molecule has 0 saturated heterocycles. The maximum Gasteiger partial charge on any atom is 0.408 e. The molecular weight excluding hydrogens is 332 g/mol. The smallest absolute Gasteiger partial charge is 0.408 e. The van der Waals surface area contributed by atoms with Gasteiger partial charge in [0.2, 0.25) is 0 Å². The lowest BCUT2D eigenvalue weighted by atomic mass is 9.90. The van der Waals surface area contributed by atoms with E-state index >= 15 is 0 Å². The van der Waals surface area contributed by atoms with E-state index in [0.29, 0.717) is 12.2 Å². The number of carbonyl (C=O) groups is 2. The van der Waals surface area contributed by atoms with Crippen molar-refractivity contribution in [3.05, 3.63) is 17.5 Å². The Bertz CT molecular complexity index is 638. The zero-order valence-electron chi connectivity index (χ0n) is 16.6. The maximum absolute atomic E-state index is 12.5. The fraction of sp³-hybridized carbons (Fsp3) is 0.737. The molecule has 1 aliphatic rings. The lowest BCUT2D eigenvalue weighted by molar-refractivity contribution is 0.0437. The highest BCUT2D eigenvalue weighted by atomic mass is 16.6. The molecule has 1 aliphatic carbocycles. The van der Waals surface area contributed by atoms with Crippen LogP contribution in [0.5, 0.6) is 0 Å². The minimum absolute atomic E-state index is 0.178. The minimum Gasteiger partial charge on any atom is -0.444 e. The number of hydrogen-bond donors (Lipinski definition) is 2. The number of amides is 2. The third-order valence-electron chi connectivity index (χ3n) is 4.65. The Labute approximate surface area is 155 Å². The van der Waals surface area contributed by atoms with Crippen LogP contribution in [0, 0.1) is 6.92 Å². The van der Waals surface area contributed by atoms with E-state index in [-0.39, 0.29) is 5.91 Å². The monoisotopic (exact) mass is 364 g/mol. The summed E-state index contributed by atoms with van der Waals surface area (Å²) in [5.74, 6) is -0.178. The van der Waals surface area contributed by atoms with Crippen molar-refractivity contribution in [3.63, 3.8) is 0 Å². The van der Waals surface area contributed by atoms with Gasteiger partial charge in [-0.3, -0.25) is 9.48 Å². The third-order valence-corrected chi connectivity index (χ3v) is 4.65. The van der Waals surface area contributed by atoms with E-state index in [9.17, 15) is 9.59 Å². The molecule has 0 radical (unpaired) electrons. The average molecular weight is 364 g/mol. The molecule has 0 aliphatic heterocycles. The molecule has 2 N–H and O–H groups in total. The molecule has 2 amide bonds. The van der Waals surface area contributed by atoms with Gasteiger partial charge in [0.1, 0.15) is 11.3 Å². The number of aryl methyl sites for hydroxylation is 2. The van der Waals surface area contributed by atoms with Gasteiger partial charge in [-0.05, 0) is 46.6 Å². The van der Waals surface area contributed by atoms with E-state index in [1.54, 1.807) is 17.8 Å². The molecule has 1 fully saturated rings. The highest BCUT2D eigenvalue weighted by molar-refractivity contribution is 5.92. The van der Waals surface area contributed by atoms with Crippen molar-refractivity contribution in [2.45, 2.75) is 77.4 Å². The highest BCUT2D eigenvalue weighted by Gasteiger charge is 2.35. The van der Waals surface area contributed by atoms with Crippen molar-refractivity contribution < 1.29 is 14.3 Å². The molecule has 1 heterocycles. The zero-order valence-corrected chi connectivity index (χ0v) is 16.6. The summed E-state index contributed by atoms with van der Waals surface area (Å²) in [5, 5.41) is 10.3. The van der Waals surface area contributed by atoms with Crippen LogP contribution in [0.3, 0.4) is 0 Å². The second kappa shape index (κ2) is 8.10. The topological polar surface area (TPSA) is 85.3 Å². The Morgan fingerprint density at radius 3 is 2.35 bits per heavy atom. The lowest BCUT2D eigenvalue weighted by Crippen LogP contribution is -2.56. The normalized spacial score (nSPS) is 17.3. The predicted octanol–water partition coefficient (Wildman–Crippen LogP) is 3.08. The first kappa shape index (κ1) is 20.3. The summed E-state index contributed by atoms with van der Waals surface area (Å²) in [6, 6.07) is 1.76. The maximum atomic E-state index is 12.5. The van der Waals surface area contributed by atoms with Crippen LogP contribution in [0.1, 0.15) is 75.5 Å². The number of ether oxygens (including phenoxy) is 1. The highest BCUT2D eigenvalue weighted by Crippen LogP contribution is 2.27. The fourth-order valence-electron chi connectivity index (χ4n) is 3.43. The fourth-order valence-corrected chi connectivity index (χ4v) is 3.43. The van der Waals surface area contributed by atoms with Crippen LogP contribution < -0.4 is 10.6 Å². The Morgan fingerprint density at radius 1 is 1.23 bits per heavy atom. The van der Waals surface area contributed by atoms with Crippen molar-refractivity contribution in [3.8, 4) is 0 Å². The Morgan fingerprint density at radius 2 is 1.85 bits per heavy atom. The summed E-state index contributed by atoms with van der Waals surface area (Å²) in [7, 11) is 1.75. The van der Waals surface area contributed by atoms with Gasteiger partial charge in [0.25, 0.3) is 5.91 Å². The molecule has 1 aromatic heterocycles. The Kier molecular flexibility index (Phi) is 6.31. The number of carbonyl (C=O) groups excluding carboxylic acids is 2. The third kappa shape index (κ3) is 5.75. The molecule has 0 bridgehead atoms. The number of hydrogen-bond acceptors (Lipinski definition) is 4. The van der Waals surface area contributed by atoms with Gasteiger partial charge in [0.15, 0.2) is 0 Å². The summed E-state index contributed by atoms with van der Waals surface area (Å²) in [6.45, 7) is 7.78. The van der Waals surface area contributed by atoms with Gasteiger partial charge in [-0.15, -0.1) is 0 Å². The van der Waals surface area contributed by atoms with Crippen LogP contribution in [0.15, 0.2) is 6.07 Å². The van der Waals surface area contributed by atoms with Gasteiger partial charge in [0.05, 0.1) is 11.2 Å². The van der Waals surface area contributed by atoms with E-state index in [1.165, 1.54) is 0 Å². The molecule has 1 saturated carbocycles. The van der Waals surface area contributed by atoms with Gasteiger partial charge < -0.3 is 15.4 Å².